The lowest BCUT2D eigenvalue weighted by Gasteiger charge is -2.16. The normalized spacial score (nSPS) is 22.4. The van der Waals surface area contributed by atoms with Crippen LogP contribution in [0.15, 0.2) is 60.7 Å². The van der Waals surface area contributed by atoms with Crippen LogP contribution in [-0.4, -0.2) is 72.3 Å². The number of aliphatic hydroxyl groups excluding tert-OH is 1. The largest absolute Gasteiger partial charge is 0.484 e. The molecule has 4 atom stereocenters. The highest BCUT2D eigenvalue weighted by Crippen LogP contribution is 2.32. The molecule has 0 unspecified atom stereocenters. The van der Waals surface area contributed by atoms with Gasteiger partial charge in [-0.05, 0) is 23.3 Å². The van der Waals surface area contributed by atoms with Crippen molar-refractivity contribution in [3.05, 3.63) is 66.5 Å². The van der Waals surface area contributed by atoms with E-state index in [-0.39, 0.29) is 37.0 Å². The Kier molecular flexibility index (Phi) is 6.44. The molecular formula is C28H26FN3O6. The molecule has 0 bridgehead atoms. The molecule has 9 nitrogen and oxygen atoms in total. The van der Waals surface area contributed by atoms with E-state index in [2.05, 4.69) is 15.3 Å². The number of halogens is 1. The zero-order valence-corrected chi connectivity index (χ0v) is 20.5. The summed E-state index contributed by atoms with van der Waals surface area (Å²) in [7, 11) is 1.56. The van der Waals surface area contributed by atoms with Gasteiger partial charge in [0.15, 0.2) is 24.4 Å². The lowest BCUT2D eigenvalue weighted by Crippen LogP contribution is -2.34. The number of H-pyrrole nitrogens is 1. The van der Waals surface area contributed by atoms with E-state index in [4.69, 9.17) is 18.9 Å². The number of nitrogens with one attached hydrogen (secondary N) is 2. The van der Waals surface area contributed by atoms with Crippen molar-refractivity contribution in [3.63, 3.8) is 0 Å². The van der Waals surface area contributed by atoms with Gasteiger partial charge in [-0.1, -0.05) is 36.4 Å². The number of ether oxygens (including phenoxy) is 4. The summed E-state index contributed by atoms with van der Waals surface area (Å²) >= 11 is 0. The van der Waals surface area contributed by atoms with Gasteiger partial charge in [0, 0.05) is 24.7 Å². The van der Waals surface area contributed by atoms with E-state index in [0.717, 1.165) is 11.1 Å². The molecule has 0 aliphatic carbocycles. The van der Waals surface area contributed by atoms with Crippen LogP contribution in [0.1, 0.15) is 0 Å². The van der Waals surface area contributed by atoms with Gasteiger partial charge in [0.05, 0.1) is 24.2 Å². The van der Waals surface area contributed by atoms with Gasteiger partial charge in [0.25, 0.3) is 5.91 Å². The molecular weight excluding hydrogens is 493 g/mol. The Bertz CT molecular complexity index is 1460. The monoisotopic (exact) mass is 519 g/mol. The molecule has 4 aromatic rings. The maximum atomic E-state index is 15.0. The molecule has 0 radical (unpaired) electrons. The van der Waals surface area contributed by atoms with Gasteiger partial charge in [-0.15, -0.1) is 0 Å². The fourth-order valence-electron chi connectivity index (χ4n) is 4.77. The summed E-state index contributed by atoms with van der Waals surface area (Å²) in [5.41, 5.74) is 3.86. The summed E-state index contributed by atoms with van der Waals surface area (Å²) in [6, 6.07) is 18.0. The number of carbonyl (C=O) groups is 1. The minimum atomic E-state index is -0.658. The zero-order valence-electron chi connectivity index (χ0n) is 20.5. The number of likely N-dealkylation sites (N-methyl/N-ethyl adjacent to an activating group) is 1. The molecule has 0 spiro atoms. The molecule has 196 valence electrons. The highest BCUT2D eigenvalue weighted by atomic mass is 19.1. The van der Waals surface area contributed by atoms with Crippen LogP contribution < -0.4 is 14.8 Å². The third-order valence-electron chi connectivity index (χ3n) is 6.79. The van der Waals surface area contributed by atoms with Gasteiger partial charge in [-0.25, -0.2) is 9.37 Å². The second-order valence-electron chi connectivity index (χ2n) is 9.27. The summed E-state index contributed by atoms with van der Waals surface area (Å²) in [6.45, 7) is 0.472. The Hall–Kier alpha value is -3.99. The molecule has 1 amide bonds. The van der Waals surface area contributed by atoms with Crippen LogP contribution in [0, 0.1) is 5.82 Å². The Balaban J connectivity index is 1.17. The van der Waals surface area contributed by atoms with Crippen LogP contribution in [0.3, 0.4) is 0 Å². The number of hydrogen-bond donors (Lipinski definition) is 3. The number of pyridine rings is 1. The fourth-order valence-corrected chi connectivity index (χ4v) is 4.77. The molecule has 2 aliphatic heterocycles. The molecule has 4 heterocycles. The van der Waals surface area contributed by atoms with Crippen LogP contribution in [0.5, 0.6) is 11.6 Å². The average molecular weight is 520 g/mol. The molecule has 3 N–H and O–H groups in total. The third-order valence-corrected chi connectivity index (χ3v) is 6.79. The van der Waals surface area contributed by atoms with E-state index in [1.165, 1.54) is 6.07 Å². The Morgan fingerprint density at radius 2 is 1.74 bits per heavy atom. The Morgan fingerprint density at radius 3 is 2.47 bits per heavy atom. The summed E-state index contributed by atoms with van der Waals surface area (Å²) in [5, 5.41) is 12.4. The number of aliphatic hydroxyl groups is 1. The topological polar surface area (TPSA) is 115 Å². The van der Waals surface area contributed by atoms with Gasteiger partial charge >= 0.3 is 0 Å². The van der Waals surface area contributed by atoms with Crippen LogP contribution in [0.2, 0.25) is 0 Å². The molecule has 2 aromatic heterocycles. The first-order valence-corrected chi connectivity index (χ1v) is 12.3. The van der Waals surface area contributed by atoms with E-state index in [0.29, 0.717) is 34.8 Å². The molecule has 2 fully saturated rings. The summed E-state index contributed by atoms with van der Waals surface area (Å²) in [6.07, 6.45) is -1.77. The van der Waals surface area contributed by atoms with E-state index in [9.17, 15) is 9.90 Å². The van der Waals surface area contributed by atoms with Gasteiger partial charge in [0.2, 0.25) is 0 Å². The van der Waals surface area contributed by atoms with E-state index < -0.39 is 18.0 Å². The Morgan fingerprint density at radius 1 is 1.05 bits per heavy atom. The lowest BCUT2D eigenvalue weighted by molar-refractivity contribution is -0.122. The van der Waals surface area contributed by atoms with Crippen molar-refractivity contribution in [1.82, 2.24) is 15.3 Å². The fraction of sp³-hybridized carbons (Fsp3) is 0.286. The lowest BCUT2D eigenvalue weighted by atomic mass is 10.0. The minimum absolute atomic E-state index is 0.0449. The molecule has 2 aliphatic rings. The third kappa shape index (κ3) is 4.69. The maximum Gasteiger partial charge on any atom is 0.257 e. The average Bonchev–Trinajstić information content (AvgIpc) is 3.63. The number of nitrogens with zero attached hydrogens (tertiary/aromatic N) is 1. The SMILES string of the molecule is CNC(=O)COc1ccc(-c2ccc(-c3nc4cc(O[C@@H]5CO[C@H]6[C@@H]5OC[C@H]6O)[nH]c4cc3F)cc2)cc1. The second-order valence-corrected chi connectivity index (χ2v) is 9.27. The van der Waals surface area contributed by atoms with Crippen molar-refractivity contribution < 1.29 is 33.2 Å². The van der Waals surface area contributed by atoms with Gasteiger partial charge in [0.1, 0.15) is 29.8 Å². The number of benzene rings is 2. The standard InChI is InChI=1S/C28H26FN3O6/c1-30-24(34)14-35-18-8-6-16(7-9-18)15-2-4-17(5-3-15)26-19(29)10-20-21(32-26)11-25(31-20)38-23-13-37-27-22(33)12-36-28(23)27/h2-11,22-23,27-28,31,33H,12-14H2,1H3,(H,30,34)/t22-,23-,27-,28-/m1/s1. The van der Waals surface area contributed by atoms with Crippen molar-refractivity contribution in [1.29, 1.82) is 0 Å². The van der Waals surface area contributed by atoms with E-state index in [1.807, 2.05) is 36.4 Å². The van der Waals surface area contributed by atoms with Crippen molar-refractivity contribution in [2.24, 2.45) is 0 Å². The first kappa shape index (κ1) is 24.4. The first-order chi connectivity index (χ1) is 18.5. The van der Waals surface area contributed by atoms with Crippen LogP contribution in [0.25, 0.3) is 33.4 Å². The predicted octanol–water partition coefficient (Wildman–Crippen LogP) is 3.07. The van der Waals surface area contributed by atoms with Crippen molar-refractivity contribution in [2.75, 3.05) is 26.9 Å². The number of aromatic nitrogens is 2. The Labute approximate surface area is 217 Å². The summed E-state index contributed by atoms with van der Waals surface area (Å²) in [4.78, 5) is 18.9. The van der Waals surface area contributed by atoms with E-state index >= 15 is 4.39 Å². The molecule has 2 aromatic carbocycles. The predicted molar refractivity (Wildman–Crippen MR) is 136 cm³/mol. The highest BCUT2D eigenvalue weighted by Gasteiger charge is 2.48. The molecule has 0 saturated carbocycles. The van der Waals surface area contributed by atoms with Gasteiger partial charge < -0.3 is 34.4 Å². The van der Waals surface area contributed by atoms with Gasteiger partial charge in [-0.3, -0.25) is 4.79 Å². The number of amides is 1. The van der Waals surface area contributed by atoms with Crippen molar-refractivity contribution in [3.8, 4) is 34.0 Å². The number of hydrogen-bond acceptors (Lipinski definition) is 7. The number of fused-ring (bicyclic) bond motifs is 2. The van der Waals surface area contributed by atoms with E-state index in [1.54, 1.807) is 25.2 Å². The molecule has 6 rings (SSSR count). The van der Waals surface area contributed by atoms with Crippen LogP contribution >= 0.6 is 0 Å². The summed E-state index contributed by atoms with van der Waals surface area (Å²) in [5.74, 6) is 0.370. The quantitative estimate of drug-likeness (QED) is 0.344. The zero-order chi connectivity index (χ0) is 26.2. The maximum absolute atomic E-state index is 15.0. The molecule has 10 heteroatoms. The second kappa shape index (κ2) is 10.1. The summed E-state index contributed by atoms with van der Waals surface area (Å²) < 4.78 is 37.7. The highest BCUT2D eigenvalue weighted by molar-refractivity contribution is 5.81. The molecule has 2 saturated heterocycles. The van der Waals surface area contributed by atoms with Crippen molar-refractivity contribution >= 4 is 16.9 Å². The minimum Gasteiger partial charge on any atom is -0.484 e. The van der Waals surface area contributed by atoms with Crippen molar-refractivity contribution in [2.45, 2.75) is 24.4 Å². The molecule has 38 heavy (non-hydrogen) atoms. The van der Waals surface area contributed by atoms with Gasteiger partial charge in [-0.2, -0.15) is 0 Å². The van der Waals surface area contributed by atoms with Crippen LogP contribution in [0.4, 0.5) is 4.39 Å². The number of aromatic amines is 1. The number of carbonyl (C=O) groups excluding carboxylic acids is 1. The first-order valence-electron chi connectivity index (χ1n) is 12.3. The number of rotatable bonds is 7. The van der Waals surface area contributed by atoms with Crippen LogP contribution in [-0.2, 0) is 14.3 Å². The smallest absolute Gasteiger partial charge is 0.257 e.